The standard InChI is InChI=1S/C28H50O2/c1-17(2)18(3)7-8-19(4)23-11-12-24-22-10-9-20-15-21(29)13-14-27(20,5)26(22)25(30)16-28(23,24)6/h17-26,29-30H,7-16H2,1-6H3/t18-,19+,20-,21-,22-,23+,24-,25+,26+,27-,28+/m0/s1. The highest BCUT2D eigenvalue weighted by Crippen LogP contribution is 2.68. The summed E-state index contributed by atoms with van der Waals surface area (Å²) < 4.78 is 0. The third kappa shape index (κ3) is 3.70. The maximum Gasteiger partial charge on any atom is 0.0581 e. The third-order valence-electron chi connectivity index (χ3n) is 11.5. The summed E-state index contributed by atoms with van der Waals surface area (Å²) in [6, 6.07) is 0. The van der Waals surface area contributed by atoms with E-state index in [-0.39, 0.29) is 17.6 Å². The summed E-state index contributed by atoms with van der Waals surface area (Å²) in [5, 5.41) is 21.9. The molecule has 0 heterocycles. The molecule has 0 aromatic rings. The van der Waals surface area contributed by atoms with E-state index in [0.29, 0.717) is 23.2 Å². The van der Waals surface area contributed by atoms with Crippen LogP contribution in [0.1, 0.15) is 106 Å². The number of aliphatic hydroxyl groups excluding tert-OH is 2. The molecule has 2 N–H and O–H groups in total. The molecule has 4 aliphatic carbocycles. The predicted octanol–water partition coefficient (Wildman–Crippen LogP) is 6.69. The van der Waals surface area contributed by atoms with E-state index in [4.69, 9.17) is 0 Å². The Morgan fingerprint density at radius 1 is 0.867 bits per heavy atom. The van der Waals surface area contributed by atoms with E-state index in [0.717, 1.165) is 55.3 Å². The second kappa shape index (κ2) is 8.36. The number of aliphatic hydroxyl groups is 2. The van der Waals surface area contributed by atoms with Gasteiger partial charge in [-0.2, -0.15) is 0 Å². The van der Waals surface area contributed by atoms with E-state index < -0.39 is 0 Å². The number of hydrogen-bond donors (Lipinski definition) is 2. The molecule has 4 rings (SSSR count). The van der Waals surface area contributed by atoms with Crippen LogP contribution in [-0.4, -0.2) is 22.4 Å². The van der Waals surface area contributed by atoms with Crippen LogP contribution in [0.25, 0.3) is 0 Å². The van der Waals surface area contributed by atoms with Crippen LogP contribution in [0, 0.1) is 58.2 Å². The van der Waals surface area contributed by atoms with Gasteiger partial charge in [0.2, 0.25) is 0 Å². The number of hydrogen-bond acceptors (Lipinski definition) is 2. The minimum atomic E-state index is -0.137. The largest absolute Gasteiger partial charge is 0.393 e. The highest BCUT2D eigenvalue weighted by atomic mass is 16.3. The zero-order chi connectivity index (χ0) is 21.8. The Hall–Kier alpha value is -0.0800. The molecular weight excluding hydrogens is 368 g/mol. The van der Waals surface area contributed by atoms with Crippen LogP contribution in [-0.2, 0) is 0 Å². The van der Waals surface area contributed by atoms with Gasteiger partial charge in [0.15, 0.2) is 0 Å². The molecule has 0 aromatic heterocycles. The van der Waals surface area contributed by atoms with Gasteiger partial charge in [-0.05, 0) is 110 Å². The normalized spacial score (nSPS) is 50.5. The summed E-state index contributed by atoms with van der Waals surface area (Å²) >= 11 is 0. The Kier molecular flexibility index (Phi) is 6.44. The third-order valence-corrected chi connectivity index (χ3v) is 11.5. The molecule has 174 valence electrons. The smallest absolute Gasteiger partial charge is 0.0581 e. The van der Waals surface area contributed by atoms with Crippen molar-refractivity contribution in [2.24, 2.45) is 58.2 Å². The molecule has 0 aromatic carbocycles. The molecule has 0 aliphatic heterocycles. The fourth-order valence-corrected chi connectivity index (χ4v) is 9.39. The Morgan fingerprint density at radius 2 is 1.60 bits per heavy atom. The molecule has 0 spiro atoms. The second-order valence-electron chi connectivity index (χ2n) is 13.2. The van der Waals surface area contributed by atoms with Crippen molar-refractivity contribution in [3.05, 3.63) is 0 Å². The summed E-state index contributed by atoms with van der Waals surface area (Å²) in [5.41, 5.74) is 0.581. The fraction of sp³-hybridized carbons (Fsp3) is 1.00. The Labute approximate surface area is 186 Å². The average Bonchev–Trinajstić information content (AvgIpc) is 3.02. The molecular formula is C28H50O2. The van der Waals surface area contributed by atoms with E-state index in [2.05, 4.69) is 41.5 Å². The van der Waals surface area contributed by atoms with Gasteiger partial charge in [-0.3, -0.25) is 0 Å². The Morgan fingerprint density at radius 3 is 2.30 bits per heavy atom. The van der Waals surface area contributed by atoms with Crippen molar-refractivity contribution in [3.63, 3.8) is 0 Å². The van der Waals surface area contributed by atoms with Crippen molar-refractivity contribution < 1.29 is 10.2 Å². The van der Waals surface area contributed by atoms with Crippen molar-refractivity contribution in [1.82, 2.24) is 0 Å². The van der Waals surface area contributed by atoms with Crippen LogP contribution in [0.5, 0.6) is 0 Å². The van der Waals surface area contributed by atoms with Gasteiger partial charge in [0, 0.05) is 0 Å². The van der Waals surface area contributed by atoms with Gasteiger partial charge in [0.1, 0.15) is 0 Å². The van der Waals surface area contributed by atoms with Gasteiger partial charge in [-0.15, -0.1) is 0 Å². The van der Waals surface area contributed by atoms with E-state index >= 15 is 0 Å². The van der Waals surface area contributed by atoms with Crippen molar-refractivity contribution in [2.75, 3.05) is 0 Å². The lowest BCUT2D eigenvalue weighted by atomic mass is 9.43. The second-order valence-corrected chi connectivity index (χ2v) is 13.2. The predicted molar refractivity (Wildman–Crippen MR) is 125 cm³/mol. The van der Waals surface area contributed by atoms with Gasteiger partial charge in [-0.1, -0.05) is 54.4 Å². The van der Waals surface area contributed by atoms with E-state index in [9.17, 15) is 10.2 Å². The maximum atomic E-state index is 11.6. The van der Waals surface area contributed by atoms with Crippen LogP contribution in [0.15, 0.2) is 0 Å². The molecule has 2 nitrogen and oxygen atoms in total. The minimum absolute atomic E-state index is 0.101. The van der Waals surface area contributed by atoms with Gasteiger partial charge in [0.25, 0.3) is 0 Å². The Balaban J connectivity index is 1.51. The fourth-order valence-electron chi connectivity index (χ4n) is 9.39. The van der Waals surface area contributed by atoms with Gasteiger partial charge in [-0.25, -0.2) is 0 Å². The van der Waals surface area contributed by atoms with Crippen LogP contribution < -0.4 is 0 Å². The number of fused-ring (bicyclic) bond motifs is 5. The highest BCUT2D eigenvalue weighted by molar-refractivity contribution is 5.12. The van der Waals surface area contributed by atoms with E-state index in [1.807, 2.05) is 0 Å². The number of rotatable bonds is 5. The zero-order valence-corrected chi connectivity index (χ0v) is 20.7. The first-order chi connectivity index (χ1) is 14.1. The average molecular weight is 419 g/mol. The van der Waals surface area contributed by atoms with Crippen molar-refractivity contribution in [1.29, 1.82) is 0 Å². The molecule has 0 unspecified atom stereocenters. The molecule has 4 aliphatic rings. The van der Waals surface area contributed by atoms with Gasteiger partial charge < -0.3 is 10.2 Å². The van der Waals surface area contributed by atoms with Crippen molar-refractivity contribution in [2.45, 2.75) is 118 Å². The lowest BCUT2D eigenvalue weighted by molar-refractivity contribution is -0.179. The van der Waals surface area contributed by atoms with Gasteiger partial charge in [0.05, 0.1) is 12.2 Å². The lowest BCUT2D eigenvalue weighted by Crippen LogP contribution is -2.59. The van der Waals surface area contributed by atoms with Crippen molar-refractivity contribution in [3.8, 4) is 0 Å². The monoisotopic (exact) mass is 418 g/mol. The molecule has 2 heteroatoms. The molecule has 0 radical (unpaired) electrons. The van der Waals surface area contributed by atoms with Crippen LogP contribution in [0.4, 0.5) is 0 Å². The van der Waals surface area contributed by atoms with Crippen LogP contribution in [0.2, 0.25) is 0 Å². The molecule has 4 saturated carbocycles. The summed E-state index contributed by atoms with van der Waals surface area (Å²) in [7, 11) is 0. The van der Waals surface area contributed by atoms with Crippen molar-refractivity contribution >= 4 is 0 Å². The first kappa shape index (κ1) is 23.1. The SMILES string of the molecule is CC(C)[C@@H](C)CC[C@@H](C)[C@H]1CC[C@H]2[C@@H]3CC[C@H]4C[C@@H](O)CC[C@]4(C)[C@H]3[C@H](O)C[C@]12C. The summed E-state index contributed by atoms with van der Waals surface area (Å²) in [4.78, 5) is 0. The molecule has 30 heavy (non-hydrogen) atoms. The van der Waals surface area contributed by atoms with Gasteiger partial charge >= 0.3 is 0 Å². The first-order valence-corrected chi connectivity index (χ1v) is 13.4. The lowest BCUT2D eigenvalue weighted by Gasteiger charge is -2.62. The van der Waals surface area contributed by atoms with E-state index in [1.54, 1.807) is 0 Å². The minimum Gasteiger partial charge on any atom is -0.393 e. The van der Waals surface area contributed by atoms with Crippen LogP contribution >= 0.6 is 0 Å². The topological polar surface area (TPSA) is 40.5 Å². The first-order valence-electron chi connectivity index (χ1n) is 13.4. The Bertz CT molecular complexity index is 601. The zero-order valence-electron chi connectivity index (χ0n) is 20.7. The van der Waals surface area contributed by atoms with E-state index in [1.165, 1.54) is 38.5 Å². The quantitative estimate of drug-likeness (QED) is 0.522. The summed E-state index contributed by atoms with van der Waals surface area (Å²) in [6.45, 7) is 14.7. The molecule has 4 fully saturated rings. The molecule has 11 atom stereocenters. The molecule has 0 bridgehead atoms. The highest BCUT2D eigenvalue weighted by Gasteiger charge is 2.63. The molecule has 0 saturated heterocycles. The maximum absolute atomic E-state index is 11.6. The summed E-state index contributed by atoms with van der Waals surface area (Å²) in [6.07, 6.45) is 11.9. The van der Waals surface area contributed by atoms with Crippen LogP contribution in [0.3, 0.4) is 0 Å². The molecule has 0 amide bonds. The summed E-state index contributed by atoms with van der Waals surface area (Å²) in [5.74, 6) is 5.78.